The minimum atomic E-state index is -3.86. The summed E-state index contributed by atoms with van der Waals surface area (Å²) in [5, 5.41) is 0. The lowest BCUT2D eigenvalue weighted by Gasteiger charge is -2.07. The smallest absolute Gasteiger partial charge is 0.321 e. The lowest BCUT2D eigenvalue weighted by Crippen LogP contribution is -2.31. The van der Waals surface area contributed by atoms with Crippen LogP contribution in [0.15, 0.2) is 29.2 Å². The number of H-pyrrole nitrogens is 1. The third-order valence-corrected chi connectivity index (χ3v) is 5.59. The second kappa shape index (κ2) is 8.49. The maximum atomic E-state index is 12.3. The van der Waals surface area contributed by atoms with Crippen molar-refractivity contribution in [1.82, 2.24) is 9.71 Å². The van der Waals surface area contributed by atoms with Gasteiger partial charge < -0.3 is 9.72 Å². The van der Waals surface area contributed by atoms with E-state index < -0.39 is 34.9 Å². The maximum Gasteiger partial charge on any atom is 0.321 e. The third kappa shape index (κ3) is 4.93. The van der Waals surface area contributed by atoms with Crippen LogP contribution in [0.2, 0.25) is 0 Å². The summed E-state index contributed by atoms with van der Waals surface area (Å²) >= 11 is 0. The number of carbonyl (C=O) groups is 3. The predicted molar refractivity (Wildman–Crippen MR) is 102 cm³/mol. The van der Waals surface area contributed by atoms with Crippen molar-refractivity contribution in [3.63, 3.8) is 0 Å². The number of aromatic amines is 1. The average Bonchev–Trinajstić information content (AvgIpc) is 2.93. The van der Waals surface area contributed by atoms with Crippen LogP contribution in [0.5, 0.6) is 0 Å². The molecule has 1 aromatic carbocycles. The Kier molecular flexibility index (Phi) is 6.52. The zero-order valence-electron chi connectivity index (χ0n) is 16.1. The highest BCUT2D eigenvalue weighted by Crippen LogP contribution is 2.19. The molecule has 150 valence electrons. The summed E-state index contributed by atoms with van der Waals surface area (Å²) in [4.78, 5) is 38.5. The normalized spacial score (nSPS) is 11.3. The molecule has 2 N–H and O–H groups in total. The highest BCUT2D eigenvalue weighted by molar-refractivity contribution is 7.89. The first-order valence-electron chi connectivity index (χ1n) is 8.48. The van der Waals surface area contributed by atoms with E-state index in [-0.39, 0.29) is 16.4 Å². The second-order valence-electron chi connectivity index (χ2n) is 6.40. The molecule has 0 spiro atoms. The SMILES string of the molecule is CC(=O)c1c(C)[nH]c(C(=O)COC(=O)CNS(=O)(=O)c2ccc(C)cc2)c1C. The quantitative estimate of drug-likeness (QED) is 0.509. The van der Waals surface area contributed by atoms with Crippen LogP contribution in [-0.4, -0.2) is 44.1 Å². The van der Waals surface area contributed by atoms with E-state index in [9.17, 15) is 22.8 Å². The molecule has 0 bridgehead atoms. The fraction of sp³-hybridized carbons (Fsp3) is 0.316. The lowest BCUT2D eigenvalue weighted by molar-refractivity contribution is -0.141. The van der Waals surface area contributed by atoms with Gasteiger partial charge in [0.1, 0.15) is 6.54 Å². The van der Waals surface area contributed by atoms with Gasteiger partial charge in [0, 0.05) is 11.3 Å². The van der Waals surface area contributed by atoms with Gasteiger partial charge in [-0.3, -0.25) is 14.4 Å². The van der Waals surface area contributed by atoms with Crippen LogP contribution in [0.4, 0.5) is 0 Å². The Labute approximate surface area is 163 Å². The number of carbonyl (C=O) groups excluding carboxylic acids is 3. The molecule has 0 radical (unpaired) electrons. The molecule has 2 aromatic rings. The number of Topliss-reactive ketones (excluding diaryl/α,β-unsaturated/α-hetero) is 2. The number of hydrogen-bond acceptors (Lipinski definition) is 6. The van der Waals surface area contributed by atoms with E-state index in [1.54, 1.807) is 26.0 Å². The molecule has 2 rings (SSSR count). The molecular formula is C19H22N2O6S. The highest BCUT2D eigenvalue weighted by Gasteiger charge is 2.21. The lowest BCUT2D eigenvalue weighted by atomic mass is 10.1. The number of sulfonamides is 1. The summed E-state index contributed by atoms with van der Waals surface area (Å²) in [6, 6.07) is 6.13. The average molecular weight is 406 g/mol. The van der Waals surface area contributed by atoms with Gasteiger partial charge in [0.25, 0.3) is 0 Å². The van der Waals surface area contributed by atoms with Gasteiger partial charge in [-0.2, -0.15) is 4.72 Å². The van der Waals surface area contributed by atoms with Crippen molar-refractivity contribution in [3.05, 3.63) is 52.3 Å². The Morgan fingerprint density at radius 3 is 2.21 bits per heavy atom. The van der Waals surface area contributed by atoms with E-state index in [1.165, 1.54) is 19.1 Å². The van der Waals surface area contributed by atoms with Gasteiger partial charge in [0.15, 0.2) is 12.4 Å². The molecule has 0 atom stereocenters. The first-order valence-corrected chi connectivity index (χ1v) is 9.96. The Morgan fingerprint density at radius 2 is 1.68 bits per heavy atom. The Morgan fingerprint density at radius 1 is 1.07 bits per heavy atom. The van der Waals surface area contributed by atoms with E-state index in [0.717, 1.165) is 5.56 Å². The van der Waals surface area contributed by atoms with E-state index in [4.69, 9.17) is 4.74 Å². The molecule has 0 aliphatic carbocycles. The topological polar surface area (TPSA) is 122 Å². The first-order chi connectivity index (χ1) is 13.0. The minimum Gasteiger partial charge on any atom is -0.456 e. The number of hydrogen-bond donors (Lipinski definition) is 2. The van der Waals surface area contributed by atoms with Crippen LogP contribution < -0.4 is 4.72 Å². The van der Waals surface area contributed by atoms with Crippen molar-refractivity contribution in [1.29, 1.82) is 0 Å². The fourth-order valence-corrected chi connectivity index (χ4v) is 3.75. The molecule has 0 unspecified atom stereocenters. The van der Waals surface area contributed by atoms with E-state index in [0.29, 0.717) is 16.8 Å². The van der Waals surface area contributed by atoms with Crippen LogP contribution in [0.3, 0.4) is 0 Å². The standard InChI is InChI=1S/C19H22N2O6S/c1-11-5-7-15(8-6-11)28(25,26)20-9-17(24)27-10-16(23)19-12(2)18(14(4)22)13(3)21-19/h5-8,20-21H,9-10H2,1-4H3. The number of nitrogens with one attached hydrogen (secondary N) is 2. The minimum absolute atomic E-state index is 0.0243. The third-order valence-electron chi connectivity index (χ3n) is 4.17. The highest BCUT2D eigenvalue weighted by atomic mass is 32.2. The monoisotopic (exact) mass is 406 g/mol. The van der Waals surface area contributed by atoms with Crippen LogP contribution in [0.25, 0.3) is 0 Å². The number of esters is 1. The van der Waals surface area contributed by atoms with Crippen LogP contribution >= 0.6 is 0 Å². The molecule has 0 aliphatic heterocycles. The summed E-state index contributed by atoms with van der Waals surface area (Å²) < 4.78 is 31.3. The van der Waals surface area contributed by atoms with Gasteiger partial charge in [0.05, 0.1) is 10.6 Å². The summed E-state index contributed by atoms with van der Waals surface area (Å²) in [6.45, 7) is 5.36. The van der Waals surface area contributed by atoms with Crippen LogP contribution in [-0.2, 0) is 19.6 Å². The molecule has 9 heteroatoms. The summed E-state index contributed by atoms with van der Waals surface area (Å²) in [5.41, 5.74) is 2.58. The number of aromatic nitrogens is 1. The molecule has 28 heavy (non-hydrogen) atoms. The van der Waals surface area contributed by atoms with E-state index >= 15 is 0 Å². The number of benzene rings is 1. The molecule has 0 amide bonds. The number of aryl methyl sites for hydroxylation is 2. The Hall–Kier alpha value is -2.78. The fourth-order valence-electron chi connectivity index (χ4n) is 2.78. The van der Waals surface area contributed by atoms with Crippen molar-refractivity contribution in [2.75, 3.05) is 13.2 Å². The van der Waals surface area contributed by atoms with Gasteiger partial charge in [-0.1, -0.05) is 17.7 Å². The predicted octanol–water partition coefficient (Wildman–Crippen LogP) is 1.85. The van der Waals surface area contributed by atoms with Crippen molar-refractivity contribution in [2.45, 2.75) is 32.6 Å². The molecular weight excluding hydrogens is 384 g/mol. The Balaban J connectivity index is 1.94. The van der Waals surface area contributed by atoms with Gasteiger partial charge >= 0.3 is 5.97 Å². The molecule has 8 nitrogen and oxygen atoms in total. The molecule has 0 saturated carbocycles. The zero-order chi connectivity index (χ0) is 21.1. The molecule has 1 aromatic heterocycles. The number of ether oxygens (including phenoxy) is 1. The maximum absolute atomic E-state index is 12.3. The number of ketones is 2. The van der Waals surface area contributed by atoms with Crippen LogP contribution in [0.1, 0.15) is 44.6 Å². The molecule has 0 saturated heterocycles. The molecule has 0 aliphatic rings. The van der Waals surface area contributed by atoms with Gasteiger partial charge in [-0.15, -0.1) is 0 Å². The van der Waals surface area contributed by atoms with E-state index in [2.05, 4.69) is 9.71 Å². The van der Waals surface area contributed by atoms with Gasteiger partial charge in [-0.05, 0) is 45.4 Å². The summed E-state index contributed by atoms with van der Waals surface area (Å²) in [6.07, 6.45) is 0. The zero-order valence-corrected chi connectivity index (χ0v) is 16.9. The second-order valence-corrected chi connectivity index (χ2v) is 8.17. The van der Waals surface area contributed by atoms with Gasteiger partial charge in [-0.25, -0.2) is 8.42 Å². The molecule has 1 heterocycles. The van der Waals surface area contributed by atoms with Crippen molar-refractivity contribution in [2.24, 2.45) is 0 Å². The summed E-state index contributed by atoms with van der Waals surface area (Å²) in [5.74, 6) is -1.58. The Bertz CT molecular complexity index is 1020. The van der Waals surface area contributed by atoms with E-state index in [1.807, 2.05) is 6.92 Å². The van der Waals surface area contributed by atoms with Crippen LogP contribution in [0, 0.1) is 20.8 Å². The summed E-state index contributed by atoms with van der Waals surface area (Å²) in [7, 11) is -3.86. The van der Waals surface area contributed by atoms with Crippen molar-refractivity contribution < 1.29 is 27.5 Å². The van der Waals surface area contributed by atoms with Crippen molar-refractivity contribution >= 4 is 27.6 Å². The number of rotatable bonds is 8. The van der Waals surface area contributed by atoms with Gasteiger partial charge in [0.2, 0.25) is 15.8 Å². The largest absolute Gasteiger partial charge is 0.456 e. The molecule has 0 fully saturated rings. The first kappa shape index (κ1) is 21.5. The van der Waals surface area contributed by atoms with Crippen molar-refractivity contribution in [3.8, 4) is 0 Å².